The van der Waals surface area contributed by atoms with E-state index < -0.39 is 23.8 Å². The minimum absolute atomic E-state index is 0.0560. The molecular formula is C25H21Cl2N3O3. The Morgan fingerprint density at radius 3 is 2.27 bits per heavy atom. The largest absolute Gasteiger partial charge is 0.336 e. The molecule has 4 rings (SSSR count). The lowest BCUT2D eigenvalue weighted by Crippen LogP contribution is -2.54. The summed E-state index contributed by atoms with van der Waals surface area (Å²) in [6, 6.07) is 19.9. The molecule has 3 aromatic rings. The Bertz CT molecular complexity index is 1220. The second kappa shape index (κ2) is 9.65. The molecule has 6 nitrogen and oxygen atoms in total. The Morgan fingerprint density at radius 2 is 1.58 bits per heavy atom. The van der Waals surface area contributed by atoms with Crippen molar-refractivity contribution in [2.75, 3.05) is 16.8 Å². The molecule has 0 aliphatic carbocycles. The van der Waals surface area contributed by atoms with Crippen molar-refractivity contribution >= 4 is 58.0 Å². The van der Waals surface area contributed by atoms with Crippen LogP contribution in [0.4, 0.5) is 17.1 Å². The summed E-state index contributed by atoms with van der Waals surface area (Å²) in [4.78, 5) is 42.5. The number of aryl methyl sites for hydroxylation is 1. The zero-order valence-corrected chi connectivity index (χ0v) is 19.3. The fourth-order valence-electron chi connectivity index (χ4n) is 3.78. The topological polar surface area (TPSA) is 69.7 Å². The van der Waals surface area contributed by atoms with Crippen molar-refractivity contribution in [3.63, 3.8) is 0 Å². The normalized spacial score (nSPS) is 15.8. The van der Waals surface area contributed by atoms with Gasteiger partial charge in [0.2, 0.25) is 5.91 Å². The molecule has 3 aromatic carbocycles. The number of hydrogen-bond donors (Lipinski definition) is 1. The molecule has 0 bridgehead atoms. The quantitative estimate of drug-likeness (QED) is 0.534. The highest BCUT2D eigenvalue weighted by molar-refractivity contribution is 6.35. The van der Waals surface area contributed by atoms with Crippen LogP contribution in [0.25, 0.3) is 0 Å². The first kappa shape index (κ1) is 22.8. The molecule has 168 valence electrons. The number of carbonyl (C=O) groups excluding carboxylic acids is 3. The predicted octanol–water partition coefficient (Wildman–Crippen LogP) is 4.75. The number of hydrogen-bond acceptors (Lipinski definition) is 3. The summed E-state index contributed by atoms with van der Waals surface area (Å²) < 4.78 is 0. The van der Waals surface area contributed by atoms with Crippen LogP contribution in [0.3, 0.4) is 0 Å². The number of carbonyl (C=O) groups is 3. The average molecular weight is 482 g/mol. The summed E-state index contributed by atoms with van der Waals surface area (Å²) in [5, 5.41) is 3.60. The molecule has 1 aliphatic heterocycles. The van der Waals surface area contributed by atoms with Crippen LogP contribution in [0.5, 0.6) is 0 Å². The Morgan fingerprint density at radius 1 is 0.909 bits per heavy atom. The highest BCUT2D eigenvalue weighted by Gasteiger charge is 2.40. The number of halogens is 2. The molecule has 33 heavy (non-hydrogen) atoms. The van der Waals surface area contributed by atoms with Crippen LogP contribution >= 0.6 is 23.2 Å². The summed E-state index contributed by atoms with van der Waals surface area (Å²) in [5.41, 5.74) is 2.49. The van der Waals surface area contributed by atoms with Crippen molar-refractivity contribution in [1.29, 1.82) is 0 Å². The van der Waals surface area contributed by atoms with Crippen molar-refractivity contribution in [3.05, 3.63) is 88.4 Å². The molecule has 1 heterocycles. The van der Waals surface area contributed by atoms with Gasteiger partial charge in [-0.25, -0.2) is 0 Å². The summed E-state index contributed by atoms with van der Waals surface area (Å²) in [6.45, 7) is 0. The van der Waals surface area contributed by atoms with E-state index in [0.29, 0.717) is 33.5 Å². The minimum atomic E-state index is -1.37. The zero-order valence-electron chi connectivity index (χ0n) is 17.8. The van der Waals surface area contributed by atoms with E-state index in [4.69, 9.17) is 23.2 Å². The molecule has 0 radical (unpaired) electrons. The molecular weight excluding hydrogens is 461 g/mol. The SMILES string of the molecule is CN1C(=O)C(NC(=O)CCc2ccc(Cl)cc2Cl)C(=O)N(c2ccccc2)c2ccccc21. The van der Waals surface area contributed by atoms with Crippen molar-refractivity contribution < 1.29 is 14.4 Å². The van der Waals surface area contributed by atoms with Gasteiger partial charge in [0.1, 0.15) is 0 Å². The maximum absolute atomic E-state index is 13.6. The molecule has 1 N–H and O–H groups in total. The van der Waals surface area contributed by atoms with Gasteiger partial charge in [-0.1, -0.05) is 59.6 Å². The predicted molar refractivity (Wildman–Crippen MR) is 130 cm³/mol. The van der Waals surface area contributed by atoms with Gasteiger partial charge in [-0.15, -0.1) is 0 Å². The first-order valence-corrected chi connectivity index (χ1v) is 11.1. The summed E-state index contributed by atoms with van der Waals surface area (Å²) in [6.07, 6.45) is 0.399. The van der Waals surface area contributed by atoms with Crippen LogP contribution in [0.2, 0.25) is 10.0 Å². The zero-order chi connectivity index (χ0) is 23.5. The maximum Gasteiger partial charge on any atom is 0.264 e. The lowest BCUT2D eigenvalue weighted by atomic mass is 10.1. The summed E-state index contributed by atoms with van der Waals surface area (Å²) >= 11 is 12.1. The van der Waals surface area contributed by atoms with Gasteiger partial charge in [0, 0.05) is 29.2 Å². The van der Waals surface area contributed by atoms with Crippen LogP contribution in [-0.2, 0) is 20.8 Å². The van der Waals surface area contributed by atoms with Gasteiger partial charge >= 0.3 is 0 Å². The van der Waals surface area contributed by atoms with Crippen LogP contribution in [-0.4, -0.2) is 30.8 Å². The number of nitrogens with one attached hydrogen (secondary N) is 1. The third-order valence-electron chi connectivity index (χ3n) is 5.49. The number of anilines is 3. The number of rotatable bonds is 5. The van der Waals surface area contributed by atoms with E-state index >= 15 is 0 Å². The van der Waals surface area contributed by atoms with E-state index in [0.717, 1.165) is 5.56 Å². The van der Waals surface area contributed by atoms with Crippen LogP contribution in [0.15, 0.2) is 72.8 Å². The Labute approximate surface area is 201 Å². The van der Waals surface area contributed by atoms with Gasteiger partial charge < -0.3 is 10.2 Å². The highest BCUT2D eigenvalue weighted by Crippen LogP contribution is 2.37. The van der Waals surface area contributed by atoms with Gasteiger partial charge in [-0.05, 0) is 48.4 Å². The molecule has 0 saturated carbocycles. The molecule has 0 aromatic heterocycles. The molecule has 1 atom stereocenters. The summed E-state index contributed by atoms with van der Waals surface area (Å²) in [7, 11) is 1.59. The number of para-hydroxylation sites is 3. The van der Waals surface area contributed by atoms with E-state index in [-0.39, 0.29) is 6.42 Å². The van der Waals surface area contributed by atoms with E-state index in [9.17, 15) is 14.4 Å². The van der Waals surface area contributed by atoms with E-state index in [1.165, 1.54) is 9.80 Å². The van der Waals surface area contributed by atoms with Crippen LogP contribution in [0, 0.1) is 0 Å². The van der Waals surface area contributed by atoms with Gasteiger partial charge in [0.05, 0.1) is 11.4 Å². The first-order chi connectivity index (χ1) is 15.9. The number of amides is 3. The number of likely N-dealkylation sites (N-methyl/N-ethyl adjacent to an activating group) is 1. The first-order valence-electron chi connectivity index (χ1n) is 10.4. The van der Waals surface area contributed by atoms with E-state index in [1.807, 2.05) is 18.2 Å². The van der Waals surface area contributed by atoms with Gasteiger partial charge in [-0.3, -0.25) is 19.3 Å². The van der Waals surface area contributed by atoms with Crippen molar-refractivity contribution in [2.24, 2.45) is 0 Å². The molecule has 0 saturated heterocycles. The van der Waals surface area contributed by atoms with Crippen LogP contribution < -0.4 is 15.1 Å². The van der Waals surface area contributed by atoms with E-state index in [1.54, 1.807) is 61.6 Å². The standard InChI is InChI=1S/C25H21Cl2N3O3/c1-29-20-9-5-6-10-21(20)30(18-7-3-2-4-8-18)25(33)23(24(29)32)28-22(31)14-12-16-11-13-17(26)15-19(16)27/h2-11,13,15,23H,12,14H2,1H3,(H,28,31). The third-order valence-corrected chi connectivity index (χ3v) is 6.07. The monoisotopic (exact) mass is 481 g/mol. The second-order valence-corrected chi connectivity index (χ2v) is 8.48. The van der Waals surface area contributed by atoms with Crippen LogP contribution in [0.1, 0.15) is 12.0 Å². The average Bonchev–Trinajstić information content (AvgIpc) is 2.88. The Balaban J connectivity index is 1.61. The second-order valence-electron chi connectivity index (χ2n) is 7.63. The maximum atomic E-state index is 13.6. The van der Waals surface area contributed by atoms with Gasteiger partial charge in [-0.2, -0.15) is 0 Å². The highest BCUT2D eigenvalue weighted by atomic mass is 35.5. The molecule has 0 fully saturated rings. The van der Waals surface area contributed by atoms with E-state index in [2.05, 4.69) is 5.32 Å². The smallest absolute Gasteiger partial charge is 0.264 e. The van der Waals surface area contributed by atoms with Crippen molar-refractivity contribution in [2.45, 2.75) is 18.9 Å². The Hall–Kier alpha value is -3.35. The van der Waals surface area contributed by atoms with Crippen molar-refractivity contribution in [1.82, 2.24) is 5.32 Å². The molecule has 3 amide bonds. The molecule has 0 spiro atoms. The fraction of sp³-hybridized carbons (Fsp3) is 0.160. The van der Waals surface area contributed by atoms with Crippen molar-refractivity contribution in [3.8, 4) is 0 Å². The molecule has 1 aliphatic rings. The number of nitrogens with zero attached hydrogens (tertiary/aromatic N) is 2. The lowest BCUT2D eigenvalue weighted by molar-refractivity contribution is -0.133. The fourth-order valence-corrected chi connectivity index (χ4v) is 4.28. The minimum Gasteiger partial charge on any atom is -0.336 e. The van der Waals surface area contributed by atoms with Gasteiger partial charge in [0.25, 0.3) is 11.8 Å². The van der Waals surface area contributed by atoms with Gasteiger partial charge in [0.15, 0.2) is 6.04 Å². The third kappa shape index (κ3) is 4.72. The molecule has 8 heteroatoms. The summed E-state index contributed by atoms with van der Waals surface area (Å²) in [5.74, 6) is -1.47. The molecule has 1 unspecified atom stereocenters. The Kier molecular flexibility index (Phi) is 6.67. The lowest BCUT2D eigenvalue weighted by Gasteiger charge is -2.25. The number of fused-ring (bicyclic) bond motifs is 1. The number of benzene rings is 3.